The maximum Gasteiger partial charge on any atom is 0.215 e. The maximum absolute atomic E-state index is 12.2. The van der Waals surface area contributed by atoms with Gasteiger partial charge >= 0.3 is 0 Å². The van der Waals surface area contributed by atoms with Crippen LogP contribution in [0.5, 0.6) is 5.75 Å². The van der Waals surface area contributed by atoms with Gasteiger partial charge in [0.1, 0.15) is 5.75 Å². The van der Waals surface area contributed by atoms with E-state index >= 15 is 0 Å². The van der Waals surface area contributed by atoms with Crippen LogP contribution in [0.3, 0.4) is 0 Å². The number of methoxy groups -OCH3 is 1. The van der Waals surface area contributed by atoms with Gasteiger partial charge in [0.15, 0.2) is 5.69 Å². The summed E-state index contributed by atoms with van der Waals surface area (Å²) in [5, 5.41) is 0.416. The van der Waals surface area contributed by atoms with E-state index in [0.717, 1.165) is 0 Å². The summed E-state index contributed by atoms with van der Waals surface area (Å²) in [6, 6.07) is 8.10. The summed E-state index contributed by atoms with van der Waals surface area (Å²) in [4.78, 5) is 16.3. The van der Waals surface area contributed by atoms with Crippen molar-refractivity contribution in [3.05, 3.63) is 52.8 Å². The van der Waals surface area contributed by atoms with Crippen molar-refractivity contribution in [1.82, 2.24) is 4.98 Å². The summed E-state index contributed by atoms with van der Waals surface area (Å²) in [7, 11) is 1.49. The van der Waals surface area contributed by atoms with Crippen molar-refractivity contribution in [3.8, 4) is 5.75 Å². The van der Waals surface area contributed by atoms with Crippen LogP contribution in [-0.4, -0.2) is 17.9 Å². The number of hydrogen-bond acceptors (Lipinski definition) is 4. The minimum Gasteiger partial charge on any atom is -0.494 e. The molecule has 18 heavy (non-hydrogen) atoms. The number of rotatable bonds is 3. The summed E-state index contributed by atoms with van der Waals surface area (Å²) in [5.74, 6) is 0.173. The van der Waals surface area contributed by atoms with Crippen molar-refractivity contribution in [1.29, 1.82) is 0 Å². The molecule has 0 aliphatic heterocycles. The molecule has 0 unspecified atom stereocenters. The lowest BCUT2D eigenvalue weighted by atomic mass is 10.1. The number of ketones is 1. The normalized spacial score (nSPS) is 10.1. The molecule has 0 atom stereocenters. The Balaban J connectivity index is 2.44. The van der Waals surface area contributed by atoms with Crippen LogP contribution in [0.15, 0.2) is 36.5 Å². The van der Waals surface area contributed by atoms with Crippen molar-refractivity contribution in [2.45, 2.75) is 0 Å². The zero-order chi connectivity index (χ0) is 13.1. The molecule has 1 aromatic carbocycles. The minimum absolute atomic E-state index is 0.252. The van der Waals surface area contributed by atoms with Crippen LogP contribution in [0.25, 0.3) is 0 Å². The Kier molecular flexibility index (Phi) is 3.48. The van der Waals surface area contributed by atoms with Crippen LogP contribution in [0.1, 0.15) is 16.1 Å². The van der Waals surface area contributed by atoms with Gasteiger partial charge in [0.2, 0.25) is 5.78 Å². The molecule has 2 rings (SSSR count). The highest BCUT2D eigenvalue weighted by Crippen LogP contribution is 2.23. The monoisotopic (exact) mass is 262 g/mol. The van der Waals surface area contributed by atoms with Gasteiger partial charge < -0.3 is 10.5 Å². The van der Waals surface area contributed by atoms with Crippen molar-refractivity contribution in [3.63, 3.8) is 0 Å². The predicted molar refractivity (Wildman–Crippen MR) is 70.1 cm³/mol. The fraction of sp³-hybridized carbons (Fsp3) is 0.0769. The van der Waals surface area contributed by atoms with Crippen LogP contribution in [-0.2, 0) is 0 Å². The van der Waals surface area contributed by atoms with Gasteiger partial charge in [0.25, 0.3) is 0 Å². The van der Waals surface area contributed by atoms with Gasteiger partial charge in [-0.3, -0.25) is 4.79 Å². The maximum atomic E-state index is 12.2. The Bertz CT molecular complexity index is 599. The van der Waals surface area contributed by atoms with Gasteiger partial charge in [0.05, 0.1) is 17.8 Å². The van der Waals surface area contributed by atoms with E-state index in [1.165, 1.54) is 19.4 Å². The number of nitrogens with zero attached hydrogens (tertiary/aromatic N) is 1. The molecule has 0 radical (unpaired) electrons. The first-order valence-corrected chi connectivity index (χ1v) is 5.60. The number of aromatic nitrogens is 1. The number of carbonyl (C=O) groups is 1. The van der Waals surface area contributed by atoms with Crippen molar-refractivity contribution >= 4 is 23.1 Å². The summed E-state index contributed by atoms with van der Waals surface area (Å²) < 4.78 is 5.10. The van der Waals surface area contributed by atoms with E-state index in [2.05, 4.69) is 4.98 Å². The molecule has 0 saturated carbocycles. The molecular weight excluding hydrogens is 252 g/mol. The number of anilines is 1. The smallest absolute Gasteiger partial charge is 0.215 e. The van der Waals surface area contributed by atoms with E-state index in [0.29, 0.717) is 22.0 Å². The van der Waals surface area contributed by atoms with Crippen molar-refractivity contribution < 1.29 is 9.53 Å². The highest BCUT2D eigenvalue weighted by atomic mass is 35.5. The summed E-state index contributed by atoms with van der Waals surface area (Å²) >= 11 is 5.81. The Labute approximate surface area is 109 Å². The molecule has 0 aliphatic carbocycles. The van der Waals surface area contributed by atoms with Gasteiger partial charge in [0, 0.05) is 11.8 Å². The molecule has 92 valence electrons. The minimum atomic E-state index is -0.254. The Morgan fingerprint density at radius 3 is 2.83 bits per heavy atom. The number of halogens is 1. The standard InChI is InChI=1S/C13H11ClN2O2/c1-18-11-3-2-6-16-12(11)13(17)8-4-5-9(14)10(15)7-8/h2-7H,15H2,1H3. The molecule has 4 nitrogen and oxygen atoms in total. The Morgan fingerprint density at radius 1 is 1.39 bits per heavy atom. The number of nitrogen functional groups attached to an aromatic ring is 1. The number of benzene rings is 1. The van der Waals surface area contributed by atoms with Crippen LogP contribution in [0.4, 0.5) is 5.69 Å². The predicted octanol–water partition coefficient (Wildman–Crippen LogP) is 2.56. The van der Waals surface area contributed by atoms with Crippen LogP contribution >= 0.6 is 11.6 Å². The lowest BCUT2D eigenvalue weighted by molar-refractivity contribution is 0.103. The molecule has 5 heteroatoms. The van der Waals surface area contributed by atoms with E-state index in [4.69, 9.17) is 22.1 Å². The summed E-state index contributed by atoms with van der Waals surface area (Å²) in [6.07, 6.45) is 1.54. The Morgan fingerprint density at radius 2 is 2.17 bits per heavy atom. The topological polar surface area (TPSA) is 65.2 Å². The average molecular weight is 263 g/mol. The first-order valence-electron chi connectivity index (χ1n) is 5.22. The van der Waals surface area contributed by atoms with E-state index in [1.54, 1.807) is 24.3 Å². The summed E-state index contributed by atoms with van der Waals surface area (Å²) in [6.45, 7) is 0. The van der Waals surface area contributed by atoms with Gasteiger partial charge in [-0.15, -0.1) is 0 Å². The first-order chi connectivity index (χ1) is 8.63. The number of ether oxygens (including phenoxy) is 1. The van der Waals surface area contributed by atoms with Crippen LogP contribution in [0, 0.1) is 0 Å². The molecule has 0 spiro atoms. The van der Waals surface area contributed by atoms with Crippen LogP contribution < -0.4 is 10.5 Å². The fourth-order valence-corrected chi connectivity index (χ4v) is 1.67. The quantitative estimate of drug-likeness (QED) is 0.682. The number of hydrogen-bond donors (Lipinski definition) is 1. The SMILES string of the molecule is COc1cccnc1C(=O)c1ccc(Cl)c(N)c1. The third-order valence-electron chi connectivity index (χ3n) is 2.46. The molecule has 1 heterocycles. The molecule has 0 fully saturated rings. The summed E-state index contributed by atoms with van der Waals surface area (Å²) in [5.41, 5.74) is 6.71. The molecule has 0 amide bonds. The van der Waals surface area contributed by atoms with Gasteiger partial charge in [-0.25, -0.2) is 4.98 Å². The van der Waals surface area contributed by atoms with Gasteiger partial charge in [-0.2, -0.15) is 0 Å². The highest BCUT2D eigenvalue weighted by Gasteiger charge is 2.16. The van der Waals surface area contributed by atoms with Crippen LogP contribution in [0.2, 0.25) is 5.02 Å². The van der Waals surface area contributed by atoms with Gasteiger partial charge in [-0.1, -0.05) is 11.6 Å². The van der Waals surface area contributed by atoms with E-state index in [-0.39, 0.29) is 11.5 Å². The number of pyridine rings is 1. The van der Waals surface area contributed by atoms with E-state index in [9.17, 15) is 4.79 Å². The molecular formula is C13H11ClN2O2. The third kappa shape index (κ3) is 2.28. The molecule has 0 saturated heterocycles. The van der Waals surface area contributed by atoms with Crippen molar-refractivity contribution in [2.75, 3.05) is 12.8 Å². The molecule has 0 bridgehead atoms. The second-order valence-electron chi connectivity index (χ2n) is 3.62. The molecule has 2 N–H and O–H groups in total. The second kappa shape index (κ2) is 5.06. The fourth-order valence-electron chi connectivity index (χ4n) is 1.55. The first kappa shape index (κ1) is 12.4. The highest BCUT2D eigenvalue weighted by molar-refractivity contribution is 6.33. The van der Waals surface area contributed by atoms with E-state index in [1.807, 2.05) is 0 Å². The lowest BCUT2D eigenvalue weighted by Crippen LogP contribution is -2.07. The third-order valence-corrected chi connectivity index (χ3v) is 2.81. The van der Waals surface area contributed by atoms with Gasteiger partial charge in [-0.05, 0) is 30.3 Å². The average Bonchev–Trinajstić information content (AvgIpc) is 2.41. The zero-order valence-corrected chi connectivity index (χ0v) is 10.4. The second-order valence-corrected chi connectivity index (χ2v) is 4.03. The largest absolute Gasteiger partial charge is 0.494 e. The molecule has 2 aromatic rings. The zero-order valence-electron chi connectivity index (χ0n) is 9.68. The Hall–Kier alpha value is -2.07. The number of carbonyl (C=O) groups excluding carboxylic acids is 1. The lowest BCUT2D eigenvalue weighted by Gasteiger charge is -2.07. The molecule has 0 aliphatic rings. The van der Waals surface area contributed by atoms with E-state index < -0.39 is 0 Å². The number of nitrogens with two attached hydrogens (primary N) is 1. The van der Waals surface area contributed by atoms with Crippen molar-refractivity contribution in [2.24, 2.45) is 0 Å². The molecule has 1 aromatic heterocycles.